The summed E-state index contributed by atoms with van der Waals surface area (Å²) in [6.45, 7) is 6.53. The summed E-state index contributed by atoms with van der Waals surface area (Å²) < 4.78 is 2.13. The lowest BCUT2D eigenvalue weighted by Gasteiger charge is -2.28. The lowest BCUT2D eigenvalue weighted by Crippen LogP contribution is -2.33. The summed E-state index contributed by atoms with van der Waals surface area (Å²) in [6, 6.07) is 2.86. The van der Waals surface area contributed by atoms with E-state index >= 15 is 0 Å². The first kappa shape index (κ1) is 13.6. The van der Waals surface area contributed by atoms with Crippen LogP contribution in [0.3, 0.4) is 0 Å². The molecule has 0 radical (unpaired) electrons. The molecule has 0 amide bonds. The average molecular weight is 249 g/mol. The van der Waals surface area contributed by atoms with Gasteiger partial charge in [0.1, 0.15) is 0 Å². The van der Waals surface area contributed by atoms with Crippen LogP contribution in [-0.2, 0) is 13.1 Å². The Morgan fingerprint density at radius 1 is 1.28 bits per heavy atom. The van der Waals surface area contributed by atoms with Crippen LogP contribution >= 0.6 is 0 Å². The highest BCUT2D eigenvalue weighted by Crippen LogP contribution is 2.26. The Morgan fingerprint density at radius 2 is 2.06 bits per heavy atom. The van der Waals surface area contributed by atoms with Gasteiger partial charge in [0.25, 0.3) is 0 Å². The lowest BCUT2D eigenvalue weighted by atomic mass is 9.84. The molecular formula is C15H27N3. The number of aromatic nitrogens is 2. The predicted octanol–water partition coefficient (Wildman–Crippen LogP) is 3.35. The van der Waals surface area contributed by atoms with Crippen molar-refractivity contribution in [3.05, 3.63) is 18.0 Å². The van der Waals surface area contributed by atoms with Gasteiger partial charge in [0.2, 0.25) is 0 Å². The van der Waals surface area contributed by atoms with Gasteiger partial charge in [0.15, 0.2) is 0 Å². The van der Waals surface area contributed by atoms with Gasteiger partial charge >= 0.3 is 0 Å². The van der Waals surface area contributed by atoms with E-state index in [1.54, 1.807) is 0 Å². The maximum absolute atomic E-state index is 4.37. The smallest absolute Gasteiger partial charge is 0.0522 e. The summed E-state index contributed by atoms with van der Waals surface area (Å²) in [6.07, 6.45) is 9.93. The van der Waals surface area contributed by atoms with Gasteiger partial charge in [0.05, 0.1) is 5.69 Å². The van der Waals surface area contributed by atoms with E-state index in [0.29, 0.717) is 0 Å². The number of hydrogen-bond acceptors (Lipinski definition) is 2. The first-order chi connectivity index (χ1) is 8.83. The molecule has 0 aliphatic heterocycles. The Morgan fingerprint density at radius 3 is 2.72 bits per heavy atom. The van der Waals surface area contributed by atoms with Crippen molar-refractivity contribution in [1.82, 2.24) is 15.1 Å². The highest BCUT2D eigenvalue weighted by Gasteiger charge is 2.19. The van der Waals surface area contributed by atoms with E-state index < -0.39 is 0 Å². The summed E-state index contributed by atoms with van der Waals surface area (Å²) in [7, 11) is 0. The van der Waals surface area contributed by atoms with E-state index in [1.807, 2.05) is 6.20 Å². The van der Waals surface area contributed by atoms with E-state index in [0.717, 1.165) is 31.5 Å². The quantitative estimate of drug-likeness (QED) is 0.838. The van der Waals surface area contributed by atoms with Crippen LogP contribution in [0.15, 0.2) is 12.3 Å². The third-order valence-corrected chi connectivity index (χ3v) is 4.24. The van der Waals surface area contributed by atoms with Crippen molar-refractivity contribution in [2.75, 3.05) is 0 Å². The van der Waals surface area contributed by atoms with Gasteiger partial charge in [-0.3, -0.25) is 4.68 Å². The standard InChI is InChI=1S/C15H27N3/c1-3-11-18-15(9-10-17-18)12-16-14-7-5-13(4-2)6-8-14/h9-10,13-14,16H,3-8,11-12H2,1-2H3. The van der Waals surface area contributed by atoms with Gasteiger partial charge in [-0.1, -0.05) is 20.3 Å². The van der Waals surface area contributed by atoms with Crippen LogP contribution in [0.4, 0.5) is 0 Å². The Kier molecular flexibility index (Phi) is 5.24. The van der Waals surface area contributed by atoms with Crippen LogP contribution in [0, 0.1) is 5.92 Å². The third kappa shape index (κ3) is 3.58. The minimum absolute atomic E-state index is 0.720. The fraction of sp³-hybridized carbons (Fsp3) is 0.800. The van der Waals surface area contributed by atoms with E-state index in [2.05, 4.69) is 35.0 Å². The number of nitrogens with zero attached hydrogens (tertiary/aromatic N) is 2. The Labute approximate surface area is 111 Å². The molecule has 0 bridgehead atoms. The van der Waals surface area contributed by atoms with Gasteiger partial charge in [0, 0.05) is 25.3 Å². The van der Waals surface area contributed by atoms with Crippen molar-refractivity contribution in [3.8, 4) is 0 Å². The molecule has 0 saturated heterocycles. The number of aryl methyl sites for hydroxylation is 1. The SMILES string of the molecule is CCCn1nccc1CNC1CCC(CC)CC1. The second kappa shape index (κ2) is 6.93. The molecule has 1 aliphatic carbocycles. The summed E-state index contributed by atoms with van der Waals surface area (Å²) in [5.74, 6) is 0.980. The summed E-state index contributed by atoms with van der Waals surface area (Å²) in [5.41, 5.74) is 1.33. The van der Waals surface area contributed by atoms with Gasteiger partial charge in [-0.2, -0.15) is 5.10 Å². The molecule has 0 unspecified atom stereocenters. The van der Waals surface area contributed by atoms with Gasteiger partial charge in [-0.25, -0.2) is 0 Å². The summed E-state index contributed by atoms with van der Waals surface area (Å²) in [5, 5.41) is 8.08. The normalized spacial score (nSPS) is 24.3. The molecule has 18 heavy (non-hydrogen) atoms. The number of rotatable bonds is 6. The molecule has 1 aromatic rings. The molecule has 0 spiro atoms. The van der Waals surface area contributed by atoms with E-state index in [1.165, 1.54) is 37.8 Å². The van der Waals surface area contributed by atoms with Crippen molar-refractivity contribution in [1.29, 1.82) is 0 Å². The van der Waals surface area contributed by atoms with Crippen molar-refractivity contribution in [2.45, 2.75) is 71.5 Å². The zero-order valence-corrected chi connectivity index (χ0v) is 11.9. The van der Waals surface area contributed by atoms with E-state index in [4.69, 9.17) is 0 Å². The first-order valence-corrected chi connectivity index (χ1v) is 7.57. The molecule has 2 rings (SSSR count). The molecule has 3 nitrogen and oxygen atoms in total. The lowest BCUT2D eigenvalue weighted by molar-refractivity contribution is 0.283. The maximum Gasteiger partial charge on any atom is 0.0522 e. The minimum Gasteiger partial charge on any atom is -0.308 e. The number of hydrogen-bond donors (Lipinski definition) is 1. The molecule has 0 aromatic carbocycles. The number of nitrogens with one attached hydrogen (secondary N) is 1. The van der Waals surface area contributed by atoms with Gasteiger partial charge < -0.3 is 5.32 Å². The molecule has 1 heterocycles. The second-order valence-electron chi connectivity index (χ2n) is 5.55. The van der Waals surface area contributed by atoms with E-state index in [9.17, 15) is 0 Å². The zero-order chi connectivity index (χ0) is 12.8. The first-order valence-electron chi connectivity index (χ1n) is 7.57. The molecule has 0 atom stereocenters. The molecular weight excluding hydrogens is 222 g/mol. The fourth-order valence-electron chi connectivity index (χ4n) is 2.95. The minimum atomic E-state index is 0.720. The Balaban J connectivity index is 1.76. The van der Waals surface area contributed by atoms with Crippen molar-refractivity contribution >= 4 is 0 Å². The average Bonchev–Trinajstić information content (AvgIpc) is 2.85. The van der Waals surface area contributed by atoms with Crippen LogP contribution in [0.25, 0.3) is 0 Å². The van der Waals surface area contributed by atoms with E-state index in [-0.39, 0.29) is 0 Å². The topological polar surface area (TPSA) is 29.9 Å². The molecule has 102 valence electrons. The summed E-state index contributed by atoms with van der Waals surface area (Å²) in [4.78, 5) is 0. The highest BCUT2D eigenvalue weighted by atomic mass is 15.3. The van der Waals surface area contributed by atoms with Crippen LogP contribution in [0.2, 0.25) is 0 Å². The second-order valence-corrected chi connectivity index (χ2v) is 5.55. The third-order valence-electron chi connectivity index (χ3n) is 4.24. The van der Waals surface area contributed by atoms with Crippen molar-refractivity contribution < 1.29 is 0 Å². The molecule has 3 heteroatoms. The Bertz CT molecular complexity index is 337. The predicted molar refractivity (Wildman–Crippen MR) is 75.4 cm³/mol. The zero-order valence-electron chi connectivity index (χ0n) is 11.9. The summed E-state index contributed by atoms with van der Waals surface area (Å²) >= 11 is 0. The molecule has 1 aliphatic rings. The van der Waals surface area contributed by atoms with Crippen molar-refractivity contribution in [3.63, 3.8) is 0 Å². The largest absolute Gasteiger partial charge is 0.308 e. The van der Waals surface area contributed by atoms with Gasteiger partial charge in [-0.15, -0.1) is 0 Å². The fourth-order valence-corrected chi connectivity index (χ4v) is 2.95. The maximum atomic E-state index is 4.37. The highest BCUT2D eigenvalue weighted by molar-refractivity contribution is 5.00. The molecule has 1 saturated carbocycles. The van der Waals surface area contributed by atoms with Crippen LogP contribution in [-0.4, -0.2) is 15.8 Å². The molecule has 1 N–H and O–H groups in total. The van der Waals surface area contributed by atoms with Crippen LogP contribution in [0.1, 0.15) is 58.1 Å². The monoisotopic (exact) mass is 249 g/mol. The molecule has 1 aromatic heterocycles. The van der Waals surface area contributed by atoms with Crippen LogP contribution in [0.5, 0.6) is 0 Å². The Hall–Kier alpha value is -0.830. The van der Waals surface area contributed by atoms with Crippen LogP contribution < -0.4 is 5.32 Å². The molecule has 1 fully saturated rings. The van der Waals surface area contributed by atoms with Crippen molar-refractivity contribution in [2.24, 2.45) is 5.92 Å². The van der Waals surface area contributed by atoms with Gasteiger partial charge in [-0.05, 0) is 44.1 Å².